The van der Waals surface area contributed by atoms with E-state index in [0.29, 0.717) is 22.9 Å². The lowest BCUT2D eigenvalue weighted by Crippen LogP contribution is -2.27. The third-order valence-electron chi connectivity index (χ3n) is 2.69. The van der Waals surface area contributed by atoms with E-state index in [1.54, 1.807) is 18.2 Å². The summed E-state index contributed by atoms with van der Waals surface area (Å²) in [5.41, 5.74) is 6.46. The molecule has 0 aliphatic rings. The molecule has 18 heavy (non-hydrogen) atoms. The van der Waals surface area contributed by atoms with Crippen molar-refractivity contribution in [2.45, 2.75) is 13.8 Å². The molecular weight excluding hydrogens is 252 g/mol. The van der Waals surface area contributed by atoms with E-state index < -0.39 is 5.97 Å². The highest BCUT2D eigenvalue weighted by atomic mass is 35.5. The Morgan fingerprint density at radius 1 is 1.33 bits per heavy atom. The first-order valence-corrected chi connectivity index (χ1v) is 6.40. The minimum atomic E-state index is -0.392. The molecule has 0 saturated heterocycles. The van der Waals surface area contributed by atoms with Crippen molar-refractivity contribution in [2.24, 2.45) is 0 Å². The van der Waals surface area contributed by atoms with Crippen molar-refractivity contribution < 1.29 is 9.53 Å². The van der Waals surface area contributed by atoms with E-state index in [0.717, 1.165) is 19.6 Å². The number of esters is 1. The number of nitrogens with two attached hydrogens (primary N) is 1. The summed E-state index contributed by atoms with van der Waals surface area (Å²) in [5, 5.41) is 0.436. The van der Waals surface area contributed by atoms with Gasteiger partial charge >= 0.3 is 5.97 Å². The molecule has 0 aromatic heterocycles. The van der Waals surface area contributed by atoms with E-state index in [2.05, 4.69) is 18.7 Å². The fraction of sp³-hybridized carbons (Fsp3) is 0.462. The second-order valence-electron chi connectivity index (χ2n) is 3.94. The van der Waals surface area contributed by atoms with Crippen LogP contribution in [0.5, 0.6) is 0 Å². The lowest BCUT2D eigenvalue weighted by Gasteiger charge is -2.17. The minimum absolute atomic E-state index is 0.368. The quantitative estimate of drug-likeness (QED) is 0.637. The Bertz CT molecular complexity index is 386. The van der Waals surface area contributed by atoms with E-state index in [9.17, 15) is 4.79 Å². The molecule has 0 saturated carbocycles. The molecule has 4 nitrogen and oxygen atoms in total. The van der Waals surface area contributed by atoms with Crippen molar-refractivity contribution in [2.75, 3.05) is 32.0 Å². The maximum Gasteiger partial charge on any atom is 0.338 e. The molecule has 0 atom stereocenters. The van der Waals surface area contributed by atoms with Crippen LogP contribution < -0.4 is 5.73 Å². The van der Waals surface area contributed by atoms with Gasteiger partial charge in [-0.05, 0) is 31.3 Å². The Kier molecular flexibility index (Phi) is 5.95. The highest BCUT2D eigenvalue weighted by Crippen LogP contribution is 2.17. The number of hydrogen-bond donors (Lipinski definition) is 1. The summed E-state index contributed by atoms with van der Waals surface area (Å²) in [6.45, 7) is 7.13. The van der Waals surface area contributed by atoms with Crippen LogP contribution in [0, 0.1) is 0 Å². The van der Waals surface area contributed by atoms with E-state index in [1.165, 1.54) is 0 Å². The third-order valence-corrected chi connectivity index (χ3v) is 2.91. The second-order valence-corrected chi connectivity index (χ2v) is 4.37. The molecule has 1 rings (SSSR count). The number of halogens is 1. The zero-order valence-corrected chi connectivity index (χ0v) is 11.5. The molecule has 100 valence electrons. The van der Waals surface area contributed by atoms with Crippen LogP contribution in [-0.2, 0) is 4.74 Å². The van der Waals surface area contributed by atoms with E-state index in [1.807, 2.05) is 0 Å². The zero-order chi connectivity index (χ0) is 13.5. The van der Waals surface area contributed by atoms with Gasteiger partial charge < -0.3 is 15.4 Å². The Balaban J connectivity index is 2.50. The van der Waals surface area contributed by atoms with Crippen molar-refractivity contribution in [3.8, 4) is 0 Å². The summed E-state index contributed by atoms with van der Waals surface area (Å²) >= 11 is 5.83. The van der Waals surface area contributed by atoms with Crippen LogP contribution in [0.3, 0.4) is 0 Å². The van der Waals surface area contributed by atoms with Crippen LogP contribution in [0.15, 0.2) is 18.2 Å². The van der Waals surface area contributed by atoms with Crippen molar-refractivity contribution in [3.05, 3.63) is 28.8 Å². The lowest BCUT2D eigenvalue weighted by molar-refractivity contribution is 0.0466. The molecule has 0 unspecified atom stereocenters. The van der Waals surface area contributed by atoms with E-state index in [-0.39, 0.29) is 0 Å². The molecule has 0 fully saturated rings. The number of likely N-dealkylation sites (N-methyl/N-ethyl adjacent to an activating group) is 1. The highest BCUT2D eigenvalue weighted by molar-refractivity contribution is 6.31. The summed E-state index contributed by atoms with van der Waals surface area (Å²) in [6.07, 6.45) is 0. The Morgan fingerprint density at radius 3 is 2.56 bits per heavy atom. The van der Waals surface area contributed by atoms with E-state index in [4.69, 9.17) is 22.1 Å². The fourth-order valence-electron chi connectivity index (χ4n) is 1.62. The van der Waals surface area contributed by atoms with Gasteiger partial charge in [-0.3, -0.25) is 0 Å². The van der Waals surface area contributed by atoms with Crippen LogP contribution in [0.1, 0.15) is 24.2 Å². The maximum absolute atomic E-state index is 11.8. The average Bonchev–Trinajstić information content (AvgIpc) is 2.33. The SMILES string of the molecule is CCN(CC)CCOC(=O)c1cc(N)cc(Cl)c1. The molecule has 1 aromatic carbocycles. The second kappa shape index (κ2) is 7.24. The van der Waals surface area contributed by atoms with Crippen molar-refractivity contribution in [1.29, 1.82) is 0 Å². The number of ether oxygens (including phenoxy) is 1. The molecule has 0 radical (unpaired) electrons. The van der Waals surface area contributed by atoms with Gasteiger partial charge in [-0.25, -0.2) is 4.79 Å². The van der Waals surface area contributed by atoms with Crippen LogP contribution in [0.25, 0.3) is 0 Å². The van der Waals surface area contributed by atoms with Crippen LogP contribution in [-0.4, -0.2) is 37.1 Å². The van der Waals surface area contributed by atoms with Gasteiger partial charge in [-0.2, -0.15) is 0 Å². The minimum Gasteiger partial charge on any atom is -0.461 e. The number of rotatable bonds is 6. The Hall–Kier alpha value is -1.26. The average molecular weight is 271 g/mol. The van der Waals surface area contributed by atoms with E-state index >= 15 is 0 Å². The summed E-state index contributed by atoms with van der Waals surface area (Å²) in [5.74, 6) is -0.392. The number of benzene rings is 1. The largest absolute Gasteiger partial charge is 0.461 e. The smallest absolute Gasteiger partial charge is 0.338 e. The molecule has 0 heterocycles. The van der Waals surface area contributed by atoms with Gasteiger partial charge in [0, 0.05) is 17.3 Å². The summed E-state index contributed by atoms with van der Waals surface area (Å²) in [6, 6.07) is 4.71. The molecule has 0 spiro atoms. The van der Waals surface area contributed by atoms with Crippen molar-refractivity contribution in [1.82, 2.24) is 4.90 Å². The van der Waals surface area contributed by atoms with Crippen LogP contribution in [0.4, 0.5) is 5.69 Å². The van der Waals surface area contributed by atoms with Crippen LogP contribution in [0.2, 0.25) is 5.02 Å². The molecular formula is C13H19ClN2O2. The molecule has 0 aliphatic carbocycles. The predicted molar refractivity (Wildman–Crippen MR) is 73.9 cm³/mol. The zero-order valence-electron chi connectivity index (χ0n) is 10.8. The number of anilines is 1. The highest BCUT2D eigenvalue weighted by Gasteiger charge is 2.09. The number of hydrogen-bond acceptors (Lipinski definition) is 4. The van der Waals surface area contributed by atoms with Gasteiger partial charge in [0.2, 0.25) is 0 Å². The van der Waals surface area contributed by atoms with Gasteiger partial charge in [0.15, 0.2) is 0 Å². The Labute approximate surface area is 113 Å². The first-order chi connectivity index (χ1) is 8.56. The lowest BCUT2D eigenvalue weighted by atomic mass is 10.2. The van der Waals surface area contributed by atoms with Gasteiger partial charge in [0.1, 0.15) is 6.61 Å². The molecule has 5 heteroatoms. The van der Waals surface area contributed by atoms with Crippen LogP contribution >= 0.6 is 11.6 Å². The van der Waals surface area contributed by atoms with Crippen molar-refractivity contribution in [3.63, 3.8) is 0 Å². The third kappa shape index (κ3) is 4.55. The number of carbonyl (C=O) groups excluding carboxylic acids is 1. The molecule has 0 amide bonds. The number of nitrogens with zero attached hydrogens (tertiary/aromatic N) is 1. The summed E-state index contributed by atoms with van der Waals surface area (Å²) < 4.78 is 5.18. The van der Waals surface area contributed by atoms with Gasteiger partial charge in [-0.1, -0.05) is 25.4 Å². The first-order valence-electron chi connectivity index (χ1n) is 6.02. The number of nitrogen functional groups attached to an aromatic ring is 1. The van der Waals surface area contributed by atoms with Gasteiger partial charge in [-0.15, -0.1) is 0 Å². The Morgan fingerprint density at radius 2 is 2.00 bits per heavy atom. The van der Waals surface area contributed by atoms with Gasteiger partial charge in [0.25, 0.3) is 0 Å². The molecule has 0 aliphatic heterocycles. The maximum atomic E-state index is 11.8. The normalized spacial score (nSPS) is 10.7. The topological polar surface area (TPSA) is 55.6 Å². The molecule has 2 N–H and O–H groups in total. The predicted octanol–water partition coefficient (Wildman–Crippen LogP) is 2.42. The monoisotopic (exact) mass is 270 g/mol. The summed E-state index contributed by atoms with van der Waals surface area (Å²) in [7, 11) is 0. The van der Waals surface area contributed by atoms with Crippen molar-refractivity contribution >= 4 is 23.3 Å². The number of carbonyl (C=O) groups is 1. The molecule has 1 aromatic rings. The molecule has 0 bridgehead atoms. The van der Waals surface area contributed by atoms with Gasteiger partial charge in [0.05, 0.1) is 5.56 Å². The summed E-state index contributed by atoms with van der Waals surface area (Å²) in [4.78, 5) is 13.9. The first kappa shape index (κ1) is 14.8. The standard InChI is InChI=1S/C13H19ClN2O2/c1-3-16(4-2)5-6-18-13(17)10-7-11(14)9-12(15)8-10/h7-9H,3-6,15H2,1-2H3. The fourth-order valence-corrected chi connectivity index (χ4v) is 1.86.